The van der Waals surface area contributed by atoms with Crippen LogP contribution in [0.15, 0.2) is 30.6 Å². The fourth-order valence-electron chi connectivity index (χ4n) is 0.904. The van der Waals surface area contributed by atoms with Crippen LogP contribution in [0.4, 0.5) is 0 Å². The molecule has 2 heterocycles. The molecule has 0 amide bonds. The predicted molar refractivity (Wildman–Crippen MR) is 47.9 cm³/mol. The summed E-state index contributed by atoms with van der Waals surface area (Å²) < 4.78 is 3.03. The predicted octanol–water partition coefficient (Wildman–Crippen LogP) is 1.94. The SMILES string of the molecule is [123I]c1cn2ccccc2n1. The summed E-state index contributed by atoms with van der Waals surface area (Å²) in [7, 11) is 0. The summed E-state index contributed by atoms with van der Waals surface area (Å²) in [5.41, 5.74) is 1.01. The van der Waals surface area contributed by atoms with Crippen LogP contribution >= 0.6 is 22.6 Å². The van der Waals surface area contributed by atoms with E-state index in [1.54, 1.807) is 0 Å². The van der Waals surface area contributed by atoms with E-state index in [1.165, 1.54) is 0 Å². The Morgan fingerprint density at radius 3 is 3.10 bits per heavy atom. The molecule has 10 heavy (non-hydrogen) atoms. The van der Waals surface area contributed by atoms with Crippen LogP contribution in [0.1, 0.15) is 0 Å². The number of aromatic nitrogens is 2. The Kier molecular flexibility index (Phi) is 1.37. The lowest BCUT2D eigenvalue weighted by atomic mass is 10.5. The minimum atomic E-state index is 1.01. The highest BCUT2D eigenvalue weighted by atomic mass is 123. The number of halogens is 1. The Morgan fingerprint density at radius 2 is 2.30 bits per heavy atom. The summed E-state index contributed by atoms with van der Waals surface area (Å²) in [5.74, 6) is 0. The first-order valence-corrected chi connectivity index (χ1v) is 4.03. The zero-order valence-corrected chi connectivity index (χ0v) is 7.32. The van der Waals surface area contributed by atoms with Gasteiger partial charge in [0.1, 0.15) is 9.35 Å². The zero-order chi connectivity index (χ0) is 6.97. The van der Waals surface area contributed by atoms with Gasteiger partial charge in [-0.05, 0) is 34.7 Å². The molecule has 0 fully saturated rings. The van der Waals surface area contributed by atoms with Gasteiger partial charge in [-0.1, -0.05) is 6.07 Å². The molecule has 0 radical (unpaired) electrons. The van der Waals surface area contributed by atoms with Crippen molar-refractivity contribution in [1.29, 1.82) is 0 Å². The molecule has 0 atom stereocenters. The smallest absolute Gasteiger partial charge is 0.137 e. The molecule has 0 spiro atoms. The molecular weight excluding hydrogens is 235 g/mol. The third kappa shape index (κ3) is 0.901. The van der Waals surface area contributed by atoms with E-state index in [1.807, 2.05) is 35.0 Å². The van der Waals surface area contributed by atoms with Crippen LogP contribution in [-0.2, 0) is 0 Å². The number of imidazole rings is 1. The minimum absolute atomic E-state index is 1.01. The highest BCUT2D eigenvalue weighted by Crippen LogP contribution is 2.05. The second-order valence-electron chi connectivity index (χ2n) is 2.03. The normalized spacial score (nSPS) is 10.5. The van der Waals surface area contributed by atoms with Gasteiger partial charge in [-0.15, -0.1) is 0 Å². The van der Waals surface area contributed by atoms with E-state index in [9.17, 15) is 0 Å². The molecule has 0 bridgehead atoms. The quantitative estimate of drug-likeness (QED) is 0.643. The Hall–Kier alpha value is -0.580. The second kappa shape index (κ2) is 2.23. The maximum Gasteiger partial charge on any atom is 0.137 e. The Balaban J connectivity index is 2.88. The number of fused-ring (bicyclic) bond motifs is 1. The molecule has 0 saturated heterocycles. The van der Waals surface area contributed by atoms with Gasteiger partial charge in [-0.2, -0.15) is 0 Å². The topological polar surface area (TPSA) is 17.3 Å². The first-order valence-electron chi connectivity index (χ1n) is 2.95. The van der Waals surface area contributed by atoms with Crippen LogP contribution < -0.4 is 0 Å². The van der Waals surface area contributed by atoms with Crippen molar-refractivity contribution in [2.45, 2.75) is 0 Å². The molecule has 3 heteroatoms. The van der Waals surface area contributed by atoms with Gasteiger partial charge in [0.05, 0.1) is 0 Å². The van der Waals surface area contributed by atoms with Gasteiger partial charge in [-0.25, -0.2) is 4.98 Å². The molecule has 50 valence electrons. The van der Waals surface area contributed by atoms with Crippen LogP contribution in [0.3, 0.4) is 0 Å². The van der Waals surface area contributed by atoms with E-state index < -0.39 is 0 Å². The van der Waals surface area contributed by atoms with Crippen molar-refractivity contribution in [1.82, 2.24) is 9.38 Å². The summed E-state index contributed by atoms with van der Waals surface area (Å²) >= 11 is 2.20. The van der Waals surface area contributed by atoms with Crippen molar-refractivity contribution in [2.24, 2.45) is 0 Å². The highest BCUT2D eigenvalue weighted by molar-refractivity contribution is 14.1. The van der Waals surface area contributed by atoms with E-state index >= 15 is 0 Å². The lowest BCUT2D eigenvalue weighted by Gasteiger charge is -1.86. The number of nitrogens with zero attached hydrogens (tertiary/aromatic N) is 2. The van der Waals surface area contributed by atoms with Crippen LogP contribution in [0.5, 0.6) is 0 Å². The zero-order valence-electron chi connectivity index (χ0n) is 5.16. The summed E-state index contributed by atoms with van der Waals surface area (Å²) in [6.07, 6.45) is 3.99. The molecule has 0 N–H and O–H groups in total. The first kappa shape index (κ1) is 6.15. The van der Waals surface area contributed by atoms with Gasteiger partial charge in [0, 0.05) is 12.4 Å². The second-order valence-corrected chi connectivity index (χ2v) is 3.13. The summed E-state index contributed by atoms with van der Waals surface area (Å²) in [5, 5.41) is 0. The van der Waals surface area contributed by atoms with Crippen LogP contribution in [-0.4, -0.2) is 9.38 Å². The van der Waals surface area contributed by atoms with Gasteiger partial charge in [-0.3, -0.25) is 0 Å². The molecule has 2 aromatic heterocycles. The number of hydrogen-bond acceptors (Lipinski definition) is 1. The van der Waals surface area contributed by atoms with Crippen molar-refractivity contribution in [3.05, 3.63) is 34.3 Å². The Morgan fingerprint density at radius 1 is 1.40 bits per heavy atom. The molecule has 2 aromatic rings. The fraction of sp³-hybridized carbons (Fsp3) is 0. The van der Waals surface area contributed by atoms with Gasteiger partial charge in [0.2, 0.25) is 0 Å². The highest BCUT2D eigenvalue weighted by Gasteiger charge is 1.93. The van der Waals surface area contributed by atoms with E-state index in [-0.39, 0.29) is 0 Å². The maximum absolute atomic E-state index is 4.26. The third-order valence-electron chi connectivity index (χ3n) is 1.33. The van der Waals surface area contributed by atoms with E-state index in [0.29, 0.717) is 0 Å². The van der Waals surface area contributed by atoms with Gasteiger partial charge >= 0.3 is 0 Å². The third-order valence-corrected chi connectivity index (χ3v) is 1.85. The van der Waals surface area contributed by atoms with Crippen molar-refractivity contribution >= 4 is 28.2 Å². The molecular formula is C7H5IN2. The molecule has 2 nitrogen and oxygen atoms in total. The molecule has 0 aliphatic heterocycles. The van der Waals surface area contributed by atoms with Crippen LogP contribution in [0, 0.1) is 3.70 Å². The van der Waals surface area contributed by atoms with Gasteiger partial charge in [0.25, 0.3) is 0 Å². The van der Waals surface area contributed by atoms with Gasteiger partial charge in [0.15, 0.2) is 0 Å². The lowest BCUT2D eigenvalue weighted by molar-refractivity contribution is 1.19. The maximum atomic E-state index is 4.26. The van der Waals surface area contributed by atoms with Crippen LogP contribution in [0.25, 0.3) is 5.65 Å². The lowest BCUT2D eigenvalue weighted by Crippen LogP contribution is -1.77. The summed E-state index contributed by atoms with van der Waals surface area (Å²) in [4.78, 5) is 4.26. The van der Waals surface area contributed by atoms with Crippen LogP contribution in [0.2, 0.25) is 0 Å². The number of pyridine rings is 1. The molecule has 2 rings (SSSR count). The molecule has 0 unspecified atom stereocenters. The Bertz CT molecular complexity index is 320. The summed E-state index contributed by atoms with van der Waals surface area (Å²) in [6, 6.07) is 5.96. The van der Waals surface area contributed by atoms with Crippen molar-refractivity contribution in [2.75, 3.05) is 0 Å². The van der Waals surface area contributed by atoms with E-state index in [2.05, 4.69) is 27.6 Å². The monoisotopic (exact) mass is 240 g/mol. The Labute approximate surface area is 72.0 Å². The number of rotatable bonds is 0. The standard InChI is InChI=1S/C7H5IN2/c8-6-5-10-4-2-1-3-7(10)9-6/h1-5H/i8-4. The molecule has 0 aromatic carbocycles. The minimum Gasteiger partial charge on any atom is -0.306 e. The average Bonchev–Trinajstić information content (AvgIpc) is 2.27. The van der Waals surface area contributed by atoms with E-state index in [0.717, 1.165) is 9.35 Å². The average molecular weight is 240 g/mol. The number of hydrogen-bond donors (Lipinski definition) is 0. The van der Waals surface area contributed by atoms with Crippen molar-refractivity contribution in [3.63, 3.8) is 0 Å². The largest absolute Gasteiger partial charge is 0.306 e. The molecule has 0 saturated carbocycles. The van der Waals surface area contributed by atoms with Crippen molar-refractivity contribution < 1.29 is 0 Å². The van der Waals surface area contributed by atoms with E-state index in [4.69, 9.17) is 0 Å². The van der Waals surface area contributed by atoms with Crippen molar-refractivity contribution in [3.8, 4) is 0 Å². The summed E-state index contributed by atoms with van der Waals surface area (Å²) in [6.45, 7) is 0. The molecule has 0 aliphatic rings. The fourth-order valence-corrected chi connectivity index (χ4v) is 1.45. The first-order chi connectivity index (χ1) is 4.86. The molecule has 0 aliphatic carbocycles. The van der Waals surface area contributed by atoms with Gasteiger partial charge < -0.3 is 4.40 Å².